The van der Waals surface area contributed by atoms with Gasteiger partial charge in [-0.15, -0.1) is 11.6 Å². The summed E-state index contributed by atoms with van der Waals surface area (Å²) < 4.78 is 4.73. The quantitative estimate of drug-likeness (QED) is 0.657. The minimum atomic E-state index is -0.424. The van der Waals surface area contributed by atoms with Gasteiger partial charge in [0.15, 0.2) is 0 Å². The van der Waals surface area contributed by atoms with Crippen LogP contribution in [0.1, 0.15) is 6.92 Å². The van der Waals surface area contributed by atoms with E-state index in [9.17, 15) is 4.79 Å². The minimum absolute atomic E-state index is 0.0737. The summed E-state index contributed by atoms with van der Waals surface area (Å²) in [7, 11) is 0. The van der Waals surface area contributed by atoms with Gasteiger partial charge in [0.1, 0.15) is 0 Å². The SMILES string of the molecule is CCOC(=O)N(CCO)CCCl. The van der Waals surface area contributed by atoms with E-state index in [2.05, 4.69) is 0 Å². The predicted molar refractivity (Wildman–Crippen MR) is 46.4 cm³/mol. The van der Waals surface area contributed by atoms with Gasteiger partial charge < -0.3 is 14.7 Å². The maximum absolute atomic E-state index is 11.1. The van der Waals surface area contributed by atoms with E-state index in [-0.39, 0.29) is 13.2 Å². The molecule has 12 heavy (non-hydrogen) atoms. The van der Waals surface area contributed by atoms with Crippen LogP contribution in [-0.2, 0) is 4.74 Å². The number of nitrogens with zero attached hydrogens (tertiary/aromatic N) is 1. The highest BCUT2D eigenvalue weighted by molar-refractivity contribution is 6.18. The number of alkyl halides is 1. The van der Waals surface area contributed by atoms with Crippen LogP contribution in [0.15, 0.2) is 0 Å². The molecule has 0 aromatic carbocycles. The second-order valence-electron chi connectivity index (χ2n) is 2.10. The van der Waals surface area contributed by atoms with Crippen LogP contribution in [0.3, 0.4) is 0 Å². The number of aliphatic hydroxyl groups is 1. The van der Waals surface area contributed by atoms with Crippen molar-refractivity contribution in [2.45, 2.75) is 6.92 Å². The molecule has 1 amide bonds. The van der Waals surface area contributed by atoms with Gasteiger partial charge in [0.05, 0.1) is 13.2 Å². The molecule has 1 N–H and O–H groups in total. The van der Waals surface area contributed by atoms with Gasteiger partial charge >= 0.3 is 6.09 Å². The van der Waals surface area contributed by atoms with Gasteiger partial charge in [-0.2, -0.15) is 0 Å². The first kappa shape index (κ1) is 11.5. The molecule has 0 aromatic heterocycles. The maximum atomic E-state index is 11.1. The summed E-state index contributed by atoms with van der Waals surface area (Å²) in [6, 6.07) is 0. The van der Waals surface area contributed by atoms with Crippen molar-refractivity contribution in [1.82, 2.24) is 4.90 Å². The Morgan fingerprint density at radius 1 is 1.58 bits per heavy atom. The van der Waals surface area contributed by atoms with E-state index < -0.39 is 6.09 Å². The highest BCUT2D eigenvalue weighted by Crippen LogP contribution is 1.94. The Balaban J connectivity index is 3.81. The number of hydrogen-bond acceptors (Lipinski definition) is 3. The Morgan fingerprint density at radius 3 is 2.67 bits per heavy atom. The van der Waals surface area contributed by atoms with Crippen molar-refractivity contribution in [2.24, 2.45) is 0 Å². The molecule has 72 valence electrons. The van der Waals surface area contributed by atoms with Gasteiger partial charge in [-0.05, 0) is 6.92 Å². The molecule has 0 rings (SSSR count). The first-order valence-corrected chi connectivity index (χ1v) is 4.38. The van der Waals surface area contributed by atoms with Crippen molar-refractivity contribution in [1.29, 1.82) is 0 Å². The molecule has 0 unspecified atom stereocenters. The first-order valence-electron chi connectivity index (χ1n) is 3.84. The minimum Gasteiger partial charge on any atom is -0.450 e. The Kier molecular flexibility index (Phi) is 6.90. The van der Waals surface area contributed by atoms with Gasteiger partial charge in [-0.25, -0.2) is 4.79 Å². The topological polar surface area (TPSA) is 49.8 Å². The molecule has 0 heterocycles. The lowest BCUT2D eigenvalue weighted by atomic mass is 10.5. The molecular weight excluding hydrogens is 182 g/mol. The molecule has 0 spiro atoms. The zero-order valence-electron chi connectivity index (χ0n) is 7.12. The molecule has 0 saturated heterocycles. The Morgan fingerprint density at radius 2 is 2.25 bits per heavy atom. The molecule has 0 fully saturated rings. The lowest BCUT2D eigenvalue weighted by Crippen LogP contribution is -2.35. The molecule has 0 aliphatic carbocycles. The molecule has 0 aliphatic rings. The summed E-state index contributed by atoms with van der Waals surface area (Å²) in [5.74, 6) is 0.346. The Labute approximate surface area is 77.1 Å². The van der Waals surface area contributed by atoms with Crippen molar-refractivity contribution in [2.75, 3.05) is 32.2 Å². The Hall–Kier alpha value is -0.480. The largest absolute Gasteiger partial charge is 0.450 e. The second kappa shape index (κ2) is 7.18. The normalized spacial score (nSPS) is 9.58. The van der Waals surface area contributed by atoms with Gasteiger partial charge in [-0.3, -0.25) is 0 Å². The number of amides is 1. The van der Waals surface area contributed by atoms with Gasteiger partial charge in [-0.1, -0.05) is 0 Å². The third-order valence-electron chi connectivity index (χ3n) is 1.25. The highest BCUT2D eigenvalue weighted by Gasteiger charge is 2.11. The van der Waals surface area contributed by atoms with Crippen LogP contribution >= 0.6 is 11.6 Å². The highest BCUT2D eigenvalue weighted by atomic mass is 35.5. The molecular formula is C7H14ClNO3. The smallest absolute Gasteiger partial charge is 0.409 e. The maximum Gasteiger partial charge on any atom is 0.409 e. The van der Waals surface area contributed by atoms with Crippen LogP contribution in [0.25, 0.3) is 0 Å². The fourth-order valence-electron chi connectivity index (χ4n) is 0.732. The summed E-state index contributed by atoms with van der Waals surface area (Å²) in [6.07, 6.45) is -0.424. The zero-order chi connectivity index (χ0) is 9.40. The number of halogens is 1. The van der Waals surface area contributed by atoms with E-state index in [1.165, 1.54) is 4.90 Å². The molecule has 0 atom stereocenters. The van der Waals surface area contributed by atoms with Crippen LogP contribution in [0, 0.1) is 0 Å². The van der Waals surface area contributed by atoms with Crippen molar-refractivity contribution >= 4 is 17.7 Å². The fourth-order valence-corrected chi connectivity index (χ4v) is 0.936. The molecule has 0 saturated carbocycles. The van der Waals surface area contributed by atoms with Crippen molar-refractivity contribution in [3.8, 4) is 0 Å². The molecule has 4 nitrogen and oxygen atoms in total. The average molecular weight is 196 g/mol. The first-order chi connectivity index (χ1) is 5.76. The number of ether oxygens (including phenoxy) is 1. The van der Waals surface area contributed by atoms with E-state index in [0.717, 1.165) is 0 Å². The lowest BCUT2D eigenvalue weighted by molar-refractivity contribution is 0.101. The van der Waals surface area contributed by atoms with Gasteiger partial charge in [0.25, 0.3) is 0 Å². The van der Waals surface area contributed by atoms with E-state index in [0.29, 0.717) is 19.0 Å². The third-order valence-corrected chi connectivity index (χ3v) is 1.42. The Bertz CT molecular complexity index is 126. The van der Waals surface area contributed by atoms with E-state index in [1.807, 2.05) is 0 Å². The molecule has 0 bridgehead atoms. The molecule has 5 heteroatoms. The predicted octanol–water partition coefficient (Wildman–Crippen LogP) is 0.676. The summed E-state index contributed by atoms with van der Waals surface area (Å²) >= 11 is 5.45. The number of carbonyl (C=O) groups is 1. The summed E-state index contributed by atoms with van der Waals surface area (Å²) in [6.45, 7) is 2.67. The summed E-state index contributed by atoms with van der Waals surface area (Å²) in [5.41, 5.74) is 0. The molecule has 0 radical (unpaired) electrons. The number of hydrogen-bond donors (Lipinski definition) is 1. The number of aliphatic hydroxyl groups excluding tert-OH is 1. The molecule has 0 aromatic rings. The van der Waals surface area contributed by atoms with Crippen LogP contribution in [-0.4, -0.2) is 48.3 Å². The zero-order valence-corrected chi connectivity index (χ0v) is 7.88. The van der Waals surface area contributed by atoms with Crippen LogP contribution in [0.4, 0.5) is 4.79 Å². The van der Waals surface area contributed by atoms with Crippen LogP contribution in [0.5, 0.6) is 0 Å². The summed E-state index contributed by atoms with van der Waals surface area (Å²) in [4.78, 5) is 12.4. The number of rotatable bonds is 5. The average Bonchev–Trinajstić information content (AvgIpc) is 2.04. The monoisotopic (exact) mass is 195 g/mol. The lowest BCUT2D eigenvalue weighted by Gasteiger charge is -2.19. The van der Waals surface area contributed by atoms with E-state index >= 15 is 0 Å². The molecule has 0 aliphatic heterocycles. The van der Waals surface area contributed by atoms with Crippen molar-refractivity contribution < 1.29 is 14.6 Å². The standard InChI is InChI=1S/C7H14ClNO3/c1-2-12-7(11)9(4-3-8)5-6-10/h10H,2-6H2,1H3. The summed E-state index contributed by atoms with van der Waals surface area (Å²) in [5, 5.41) is 8.59. The van der Waals surface area contributed by atoms with Crippen LogP contribution in [0.2, 0.25) is 0 Å². The van der Waals surface area contributed by atoms with Crippen molar-refractivity contribution in [3.63, 3.8) is 0 Å². The van der Waals surface area contributed by atoms with E-state index in [1.54, 1.807) is 6.92 Å². The third kappa shape index (κ3) is 4.41. The van der Waals surface area contributed by atoms with Gasteiger partial charge in [0.2, 0.25) is 0 Å². The van der Waals surface area contributed by atoms with Gasteiger partial charge in [0, 0.05) is 19.0 Å². The second-order valence-corrected chi connectivity index (χ2v) is 2.48. The van der Waals surface area contributed by atoms with E-state index in [4.69, 9.17) is 21.4 Å². The fraction of sp³-hybridized carbons (Fsp3) is 0.857. The van der Waals surface area contributed by atoms with Crippen LogP contribution < -0.4 is 0 Å². The number of carbonyl (C=O) groups excluding carboxylic acids is 1. The van der Waals surface area contributed by atoms with Crippen molar-refractivity contribution in [3.05, 3.63) is 0 Å².